The molecule has 1 aromatic carbocycles. The molecule has 19 heavy (non-hydrogen) atoms. The molecule has 5 nitrogen and oxygen atoms in total. The Labute approximate surface area is 118 Å². The fourth-order valence-electron chi connectivity index (χ4n) is 2.16. The van der Waals surface area contributed by atoms with Crippen LogP contribution in [-0.4, -0.2) is 56.4 Å². The number of benzene rings is 1. The number of aliphatic hydroxyl groups is 1. The SMILES string of the molecule is O=S(=O)(CCO)N1CCN(c2ccccc2Cl)CC1. The number of aliphatic hydroxyl groups excluding tert-OH is 1. The van der Waals surface area contributed by atoms with Gasteiger partial charge in [-0.1, -0.05) is 23.7 Å². The monoisotopic (exact) mass is 304 g/mol. The molecule has 0 aromatic heterocycles. The van der Waals surface area contributed by atoms with Crippen molar-refractivity contribution in [3.8, 4) is 0 Å². The highest BCUT2D eigenvalue weighted by atomic mass is 35.5. The van der Waals surface area contributed by atoms with Crippen LogP contribution in [-0.2, 0) is 10.0 Å². The molecule has 0 bridgehead atoms. The van der Waals surface area contributed by atoms with Gasteiger partial charge in [-0.3, -0.25) is 0 Å². The zero-order chi connectivity index (χ0) is 13.9. The number of hydrogen-bond donors (Lipinski definition) is 1. The van der Waals surface area contributed by atoms with Gasteiger partial charge in [-0.05, 0) is 12.1 Å². The van der Waals surface area contributed by atoms with E-state index in [1.807, 2.05) is 24.3 Å². The highest BCUT2D eigenvalue weighted by Crippen LogP contribution is 2.26. The summed E-state index contributed by atoms with van der Waals surface area (Å²) < 4.78 is 25.1. The number of halogens is 1. The van der Waals surface area contributed by atoms with Gasteiger partial charge in [0.05, 0.1) is 23.1 Å². The molecule has 0 saturated carbocycles. The Morgan fingerprint density at radius 2 is 1.79 bits per heavy atom. The number of nitrogens with zero attached hydrogens (tertiary/aromatic N) is 2. The molecule has 1 aliphatic heterocycles. The fourth-order valence-corrected chi connectivity index (χ4v) is 3.62. The van der Waals surface area contributed by atoms with Gasteiger partial charge in [-0.25, -0.2) is 8.42 Å². The van der Waals surface area contributed by atoms with Gasteiger partial charge < -0.3 is 10.0 Å². The Kier molecular flexibility index (Phi) is 4.67. The highest BCUT2D eigenvalue weighted by Gasteiger charge is 2.26. The Morgan fingerprint density at radius 1 is 1.16 bits per heavy atom. The second-order valence-corrected chi connectivity index (χ2v) is 6.87. The number of para-hydroxylation sites is 1. The molecule has 7 heteroatoms. The number of hydrogen-bond acceptors (Lipinski definition) is 4. The van der Waals surface area contributed by atoms with Crippen molar-refractivity contribution in [1.29, 1.82) is 0 Å². The first kappa shape index (κ1) is 14.6. The molecule has 1 N–H and O–H groups in total. The van der Waals surface area contributed by atoms with Crippen LogP contribution in [0, 0.1) is 0 Å². The average molecular weight is 305 g/mol. The van der Waals surface area contributed by atoms with Gasteiger partial charge in [-0.2, -0.15) is 4.31 Å². The topological polar surface area (TPSA) is 60.9 Å². The number of sulfonamides is 1. The Hall–Kier alpha value is -0.820. The minimum atomic E-state index is -3.33. The largest absolute Gasteiger partial charge is 0.395 e. The molecular formula is C12H17ClN2O3S. The summed E-state index contributed by atoms with van der Waals surface area (Å²) in [6.07, 6.45) is 0. The Bertz CT molecular complexity index is 528. The third-order valence-electron chi connectivity index (χ3n) is 3.17. The zero-order valence-electron chi connectivity index (χ0n) is 10.5. The van der Waals surface area contributed by atoms with E-state index in [0.29, 0.717) is 31.2 Å². The maximum atomic E-state index is 11.8. The van der Waals surface area contributed by atoms with Crippen molar-refractivity contribution in [3.05, 3.63) is 29.3 Å². The second-order valence-electron chi connectivity index (χ2n) is 4.38. The van der Waals surface area contributed by atoms with Crippen LogP contribution in [0.5, 0.6) is 0 Å². The summed E-state index contributed by atoms with van der Waals surface area (Å²) in [5.74, 6) is -0.209. The van der Waals surface area contributed by atoms with E-state index in [2.05, 4.69) is 4.90 Å². The molecule has 1 aromatic rings. The molecule has 0 atom stereocenters. The van der Waals surface area contributed by atoms with Crippen molar-refractivity contribution in [2.24, 2.45) is 0 Å². The van der Waals surface area contributed by atoms with Gasteiger partial charge in [0.2, 0.25) is 10.0 Å². The smallest absolute Gasteiger partial charge is 0.216 e. The van der Waals surface area contributed by atoms with E-state index >= 15 is 0 Å². The summed E-state index contributed by atoms with van der Waals surface area (Å²) >= 11 is 6.13. The molecule has 1 fully saturated rings. The van der Waals surface area contributed by atoms with Crippen molar-refractivity contribution in [2.45, 2.75) is 0 Å². The van der Waals surface area contributed by atoms with E-state index in [0.717, 1.165) is 5.69 Å². The standard InChI is InChI=1S/C12H17ClN2O3S/c13-11-3-1-2-4-12(11)14-5-7-15(8-6-14)19(17,18)10-9-16/h1-4,16H,5-10H2. The zero-order valence-corrected chi connectivity index (χ0v) is 12.1. The number of piperazine rings is 1. The minimum absolute atomic E-state index is 0.209. The fraction of sp³-hybridized carbons (Fsp3) is 0.500. The summed E-state index contributed by atoms with van der Waals surface area (Å²) in [4.78, 5) is 2.08. The molecule has 1 aliphatic rings. The van der Waals surface area contributed by atoms with Crippen LogP contribution in [0.3, 0.4) is 0 Å². The van der Waals surface area contributed by atoms with E-state index in [1.165, 1.54) is 4.31 Å². The van der Waals surface area contributed by atoms with Gasteiger partial charge in [0.15, 0.2) is 0 Å². The van der Waals surface area contributed by atoms with Crippen molar-refractivity contribution < 1.29 is 13.5 Å². The van der Waals surface area contributed by atoms with Crippen molar-refractivity contribution in [1.82, 2.24) is 4.31 Å². The number of rotatable bonds is 4. The molecule has 0 spiro atoms. The molecule has 0 radical (unpaired) electrons. The van der Waals surface area contributed by atoms with Crippen LogP contribution in [0.4, 0.5) is 5.69 Å². The van der Waals surface area contributed by atoms with Crippen LogP contribution in [0.15, 0.2) is 24.3 Å². The van der Waals surface area contributed by atoms with Crippen LogP contribution < -0.4 is 4.90 Å². The van der Waals surface area contributed by atoms with Gasteiger partial charge in [0, 0.05) is 26.2 Å². The molecule has 0 unspecified atom stereocenters. The second kappa shape index (κ2) is 6.09. The van der Waals surface area contributed by atoms with Gasteiger partial charge in [0.1, 0.15) is 0 Å². The molecule has 0 aliphatic carbocycles. The van der Waals surface area contributed by atoms with Crippen molar-refractivity contribution in [3.63, 3.8) is 0 Å². The minimum Gasteiger partial charge on any atom is -0.395 e. The Balaban J connectivity index is 2.02. The lowest BCUT2D eigenvalue weighted by atomic mass is 10.2. The molecule has 106 valence electrons. The third-order valence-corrected chi connectivity index (χ3v) is 5.34. The average Bonchev–Trinajstić information content (AvgIpc) is 2.39. The van der Waals surface area contributed by atoms with E-state index in [-0.39, 0.29) is 12.4 Å². The van der Waals surface area contributed by atoms with E-state index in [4.69, 9.17) is 16.7 Å². The Morgan fingerprint density at radius 3 is 2.37 bits per heavy atom. The lowest BCUT2D eigenvalue weighted by Gasteiger charge is -2.35. The summed E-state index contributed by atoms with van der Waals surface area (Å²) in [7, 11) is -3.33. The van der Waals surface area contributed by atoms with Gasteiger partial charge >= 0.3 is 0 Å². The summed E-state index contributed by atoms with van der Waals surface area (Å²) in [5, 5.41) is 9.44. The first-order chi connectivity index (χ1) is 9.04. The van der Waals surface area contributed by atoms with E-state index in [1.54, 1.807) is 0 Å². The molecule has 2 rings (SSSR count). The van der Waals surface area contributed by atoms with Crippen LogP contribution in [0.25, 0.3) is 0 Å². The predicted molar refractivity (Wildman–Crippen MR) is 76.1 cm³/mol. The van der Waals surface area contributed by atoms with Crippen LogP contribution in [0.1, 0.15) is 0 Å². The van der Waals surface area contributed by atoms with Crippen LogP contribution in [0.2, 0.25) is 5.02 Å². The van der Waals surface area contributed by atoms with Gasteiger partial charge in [-0.15, -0.1) is 0 Å². The first-order valence-corrected chi connectivity index (χ1v) is 8.11. The maximum absolute atomic E-state index is 11.8. The summed E-state index contributed by atoms with van der Waals surface area (Å²) in [6, 6.07) is 7.54. The van der Waals surface area contributed by atoms with Crippen LogP contribution >= 0.6 is 11.6 Å². The highest BCUT2D eigenvalue weighted by molar-refractivity contribution is 7.89. The summed E-state index contributed by atoms with van der Waals surface area (Å²) in [5.41, 5.74) is 0.934. The van der Waals surface area contributed by atoms with Crippen molar-refractivity contribution in [2.75, 3.05) is 43.4 Å². The number of anilines is 1. The summed E-state index contributed by atoms with van der Waals surface area (Å²) in [6.45, 7) is 1.72. The molecule has 1 heterocycles. The van der Waals surface area contributed by atoms with E-state index in [9.17, 15) is 8.42 Å². The van der Waals surface area contributed by atoms with Gasteiger partial charge in [0.25, 0.3) is 0 Å². The quantitative estimate of drug-likeness (QED) is 0.893. The normalized spacial score (nSPS) is 17.7. The maximum Gasteiger partial charge on any atom is 0.216 e. The first-order valence-electron chi connectivity index (χ1n) is 6.13. The lowest BCUT2D eigenvalue weighted by Crippen LogP contribution is -2.49. The molecule has 0 amide bonds. The molecular weight excluding hydrogens is 288 g/mol. The third kappa shape index (κ3) is 3.39. The van der Waals surface area contributed by atoms with Crippen molar-refractivity contribution >= 4 is 27.3 Å². The predicted octanol–water partition coefficient (Wildman–Crippen LogP) is 0.784. The van der Waals surface area contributed by atoms with E-state index < -0.39 is 10.0 Å². The lowest BCUT2D eigenvalue weighted by molar-refractivity contribution is 0.312. The molecule has 1 saturated heterocycles.